The fourth-order valence-electron chi connectivity index (χ4n) is 1.24. The van der Waals surface area contributed by atoms with Gasteiger partial charge in [-0.3, -0.25) is 0 Å². The van der Waals surface area contributed by atoms with Crippen LogP contribution in [0.3, 0.4) is 0 Å². The summed E-state index contributed by atoms with van der Waals surface area (Å²) >= 11 is 7.04. The molecule has 0 saturated heterocycles. The normalized spacial score (nSPS) is 10.7. The van der Waals surface area contributed by atoms with Crippen molar-refractivity contribution in [3.8, 4) is 0 Å². The van der Waals surface area contributed by atoms with Crippen LogP contribution in [0.1, 0.15) is 28.2 Å². The second kappa shape index (κ2) is 5.03. The summed E-state index contributed by atoms with van der Waals surface area (Å²) in [6.45, 7) is 2.20. The largest absolute Gasteiger partial charge is 0.0949 e. The van der Waals surface area contributed by atoms with Gasteiger partial charge in [0.2, 0.25) is 0 Å². The summed E-state index contributed by atoms with van der Waals surface area (Å²) in [4.78, 5) is 0. The van der Waals surface area contributed by atoms with Crippen molar-refractivity contribution >= 4 is 31.9 Å². The smallest absolute Gasteiger partial charge is 0.0712 e. The summed E-state index contributed by atoms with van der Waals surface area (Å²) in [7, 11) is 0. The minimum atomic E-state index is 0.285. The predicted molar refractivity (Wildman–Crippen MR) is 61.0 cm³/mol. The second-order valence-corrected chi connectivity index (χ2v) is 5.81. The molecule has 0 heterocycles. The number of alkyl halides is 2. The molecular weight excluding hydrogens is 280 g/mol. The third-order valence-corrected chi connectivity index (χ3v) is 2.80. The molecule has 0 amide bonds. The maximum absolute atomic E-state index is 3.52. The van der Waals surface area contributed by atoms with Crippen LogP contribution in [0.2, 0.25) is 0 Å². The average Bonchev–Trinajstić information content (AvgIpc) is 2.05. The molecule has 1 aromatic carbocycles. The van der Waals surface area contributed by atoms with Gasteiger partial charge >= 0.3 is 0 Å². The molecule has 0 aliphatic rings. The van der Waals surface area contributed by atoms with Gasteiger partial charge in [0.1, 0.15) is 0 Å². The first-order chi connectivity index (χ1) is 5.75. The molecule has 0 aliphatic heterocycles. The molecule has 0 fully saturated rings. The van der Waals surface area contributed by atoms with E-state index in [2.05, 4.69) is 63.0 Å². The molecule has 0 unspecified atom stereocenters. The predicted octanol–water partition coefficient (Wildman–Crippen LogP) is 4.43. The highest BCUT2D eigenvalue weighted by molar-refractivity contribution is 9.24. The molecule has 1 rings (SSSR count). The quantitative estimate of drug-likeness (QED) is 0.723. The van der Waals surface area contributed by atoms with Crippen LogP contribution >= 0.6 is 31.9 Å². The van der Waals surface area contributed by atoms with E-state index in [1.165, 1.54) is 17.5 Å². The maximum atomic E-state index is 3.52. The molecule has 0 N–H and O–H groups in total. The highest BCUT2D eigenvalue weighted by Crippen LogP contribution is 2.31. The van der Waals surface area contributed by atoms with Crippen LogP contribution in [0.15, 0.2) is 24.3 Å². The van der Waals surface area contributed by atoms with Crippen molar-refractivity contribution in [3.63, 3.8) is 0 Å². The van der Waals surface area contributed by atoms with Crippen molar-refractivity contribution in [2.24, 2.45) is 0 Å². The summed E-state index contributed by atoms with van der Waals surface area (Å²) in [5.41, 5.74) is 2.78. The molecule has 66 valence electrons. The van der Waals surface area contributed by atoms with Crippen molar-refractivity contribution in [2.45, 2.75) is 23.5 Å². The molecule has 0 spiro atoms. The molecular formula is C10H12Br2. The number of rotatable bonds is 3. The zero-order valence-corrected chi connectivity index (χ0v) is 10.2. The maximum Gasteiger partial charge on any atom is 0.0949 e. The van der Waals surface area contributed by atoms with E-state index < -0.39 is 0 Å². The van der Waals surface area contributed by atoms with Crippen molar-refractivity contribution in [1.82, 2.24) is 0 Å². The fourth-order valence-corrected chi connectivity index (χ4v) is 2.14. The number of halogens is 2. The van der Waals surface area contributed by atoms with Crippen LogP contribution in [0.4, 0.5) is 0 Å². The Morgan fingerprint density at radius 1 is 1.25 bits per heavy atom. The van der Waals surface area contributed by atoms with Gasteiger partial charge in [-0.05, 0) is 17.5 Å². The molecule has 0 saturated carbocycles. The van der Waals surface area contributed by atoms with Gasteiger partial charge in [-0.15, -0.1) is 0 Å². The summed E-state index contributed by atoms with van der Waals surface area (Å²) in [5, 5.41) is 0. The van der Waals surface area contributed by atoms with E-state index in [0.717, 1.165) is 6.42 Å². The standard InChI is InChI=1S/C10H12Br2/c1-2-5-8-6-3-4-7-9(8)10(11)12/h3-4,6-7,10H,2,5H2,1H3. The molecule has 0 bridgehead atoms. The van der Waals surface area contributed by atoms with Crippen LogP contribution in [0, 0.1) is 0 Å². The minimum absolute atomic E-state index is 0.285. The summed E-state index contributed by atoms with van der Waals surface area (Å²) < 4.78 is 0.285. The van der Waals surface area contributed by atoms with Crippen LogP contribution < -0.4 is 0 Å². The Morgan fingerprint density at radius 2 is 1.92 bits per heavy atom. The van der Waals surface area contributed by atoms with Gasteiger partial charge < -0.3 is 0 Å². The third kappa shape index (κ3) is 2.60. The monoisotopic (exact) mass is 290 g/mol. The molecule has 12 heavy (non-hydrogen) atoms. The van der Waals surface area contributed by atoms with Gasteiger partial charge in [0, 0.05) is 0 Å². The zero-order chi connectivity index (χ0) is 8.97. The zero-order valence-electron chi connectivity index (χ0n) is 7.06. The molecule has 0 aliphatic carbocycles. The molecule has 0 aromatic heterocycles. The van der Waals surface area contributed by atoms with Crippen molar-refractivity contribution in [2.75, 3.05) is 0 Å². The van der Waals surface area contributed by atoms with Gasteiger partial charge in [-0.25, -0.2) is 0 Å². The Bertz CT molecular complexity index is 243. The van der Waals surface area contributed by atoms with Crippen molar-refractivity contribution in [3.05, 3.63) is 35.4 Å². The van der Waals surface area contributed by atoms with Crippen LogP contribution in [-0.4, -0.2) is 0 Å². The first-order valence-electron chi connectivity index (χ1n) is 4.11. The topological polar surface area (TPSA) is 0 Å². The highest BCUT2D eigenvalue weighted by Gasteiger charge is 2.06. The third-order valence-electron chi connectivity index (χ3n) is 1.81. The van der Waals surface area contributed by atoms with Gasteiger partial charge in [-0.1, -0.05) is 69.5 Å². The first-order valence-corrected chi connectivity index (χ1v) is 5.94. The van der Waals surface area contributed by atoms with Gasteiger partial charge in [0.25, 0.3) is 0 Å². The lowest BCUT2D eigenvalue weighted by molar-refractivity contribution is 0.911. The lowest BCUT2D eigenvalue weighted by Gasteiger charge is -2.08. The van der Waals surface area contributed by atoms with Gasteiger partial charge in [0.05, 0.1) is 3.74 Å². The Hall–Kier alpha value is 0.180. The lowest BCUT2D eigenvalue weighted by atomic mass is 10.1. The van der Waals surface area contributed by atoms with E-state index in [1.807, 2.05) is 0 Å². The molecule has 1 aromatic rings. The number of hydrogen-bond donors (Lipinski definition) is 0. The minimum Gasteiger partial charge on any atom is -0.0712 e. The Kier molecular flexibility index (Phi) is 4.30. The van der Waals surface area contributed by atoms with Crippen LogP contribution in [0.25, 0.3) is 0 Å². The van der Waals surface area contributed by atoms with E-state index in [9.17, 15) is 0 Å². The number of hydrogen-bond acceptors (Lipinski definition) is 0. The van der Waals surface area contributed by atoms with Crippen LogP contribution in [0.5, 0.6) is 0 Å². The van der Waals surface area contributed by atoms with E-state index in [-0.39, 0.29) is 3.74 Å². The molecule has 0 radical (unpaired) electrons. The summed E-state index contributed by atoms with van der Waals surface area (Å²) in [5.74, 6) is 0. The second-order valence-electron chi connectivity index (χ2n) is 2.75. The van der Waals surface area contributed by atoms with E-state index in [4.69, 9.17) is 0 Å². The highest BCUT2D eigenvalue weighted by atomic mass is 79.9. The lowest BCUT2D eigenvalue weighted by Crippen LogP contribution is -1.91. The summed E-state index contributed by atoms with van der Waals surface area (Å²) in [6, 6.07) is 8.51. The fraction of sp³-hybridized carbons (Fsp3) is 0.400. The SMILES string of the molecule is CCCc1ccccc1C(Br)Br. The molecule has 0 atom stereocenters. The van der Waals surface area contributed by atoms with E-state index in [1.54, 1.807) is 0 Å². The number of benzene rings is 1. The molecule has 2 heteroatoms. The van der Waals surface area contributed by atoms with Gasteiger partial charge in [0.15, 0.2) is 0 Å². The number of aryl methyl sites for hydroxylation is 1. The van der Waals surface area contributed by atoms with Crippen molar-refractivity contribution in [1.29, 1.82) is 0 Å². The Labute approximate surface area is 90.6 Å². The Morgan fingerprint density at radius 3 is 2.50 bits per heavy atom. The van der Waals surface area contributed by atoms with E-state index >= 15 is 0 Å². The first kappa shape index (κ1) is 10.3. The Balaban J connectivity index is 2.92. The van der Waals surface area contributed by atoms with E-state index in [0.29, 0.717) is 0 Å². The molecule has 0 nitrogen and oxygen atoms in total. The summed E-state index contributed by atoms with van der Waals surface area (Å²) in [6.07, 6.45) is 2.35. The van der Waals surface area contributed by atoms with Crippen LogP contribution in [-0.2, 0) is 6.42 Å². The van der Waals surface area contributed by atoms with Gasteiger partial charge in [-0.2, -0.15) is 0 Å². The van der Waals surface area contributed by atoms with Crippen molar-refractivity contribution < 1.29 is 0 Å². The average molecular weight is 292 g/mol.